The molecule has 1 aliphatic heterocycles. The zero-order valence-electron chi connectivity index (χ0n) is 12.9. The van der Waals surface area contributed by atoms with Crippen LogP contribution in [0.4, 0.5) is 0 Å². The maximum absolute atomic E-state index is 12.9. The van der Waals surface area contributed by atoms with Gasteiger partial charge in [-0.2, -0.15) is 5.10 Å². The average molecular weight is 420 g/mol. The van der Waals surface area contributed by atoms with Crippen molar-refractivity contribution >= 4 is 39.1 Å². The van der Waals surface area contributed by atoms with Gasteiger partial charge in [-0.05, 0) is 46.3 Å². The molecule has 0 bridgehead atoms. The topological polar surface area (TPSA) is 59.0 Å². The normalized spacial score (nSPS) is 17.0. The highest BCUT2D eigenvalue weighted by atomic mass is 79.9. The van der Waals surface area contributed by atoms with Gasteiger partial charge in [-0.3, -0.25) is 4.79 Å². The highest BCUT2D eigenvalue weighted by Crippen LogP contribution is 2.35. The molecule has 0 aliphatic carbocycles. The number of carbonyl (C=O) groups excluding carboxylic acids is 1. The van der Waals surface area contributed by atoms with Crippen LogP contribution in [0.5, 0.6) is 0 Å². The number of rotatable bonds is 3. The summed E-state index contributed by atoms with van der Waals surface area (Å²) in [7, 11) is 0. The fourth-order valence-corrected chi connectivity index (χ4v) is 3.35. The Labute approximate surface area is 157 Å². The molecule has 1 aromatic carbocycles. The minimum atomic E-state index is -0.349. The monoisotopic (exact) mass is 418 g/mol. The van der Waals surface area contributed by atoms with E-state index in [0.29, 0.717) is 21.9 Å². The molecule has 2 aromatic heterocycles. The predicted molar refractivity (Wildman–Crippen MR) is 96.6 cm³/mol. The van der Waals surface area contributed by atoms with Gasteiger partial charge >= 0.3 is 5.91 Å². The van der Waals surface area contributed by atoms with Crippen LogP contribution in [0.25, 0.3) is 0 Å². The van der Waals surface area contributed by atoms with Crippen molar-refractivity contribution in [2.75, 3.05) is 0 Å². The van der Waals surface area contributed by atoms with E-state index in [0.717, 1.165) is 11.3 Å². The van der Waals surface area contributed by atoms with Gasteiger partial charge in [-0.15, -0.1) is 0 Å². The molecule has 1 unspecified atom stereocenters. The number of furan rings is 2. The Kier molecular flexibility index (Phi) is 4.23. The SMILES string of the molecule is O=C(c1ccc(Br)o1)N1N=C(c2ccccc2Cl)CC1c1ccco1. The standard InChI is InChI=1S/C18H12BrClN2O3/c19-17-8-7-16(25-17)18(23)22-14(15-6-3-9-24-15)10-13(21-22)11-4-1-2-5-12(11)20/h1-9,14H,10H2. The molecule has 1 aliphatic rings. The van der Waals surface area contributed by atoms with Gasteiger partial charge in [0.1, 0.15) is 11.8 Å². The zero-order valence-corrected chi connectivity index (χ0v) is 15.2. The Bertz CT molecular complexity index is 949. The van der Waals surface area contributed by atoms with Crippen LogP contribution < -0.4 is 0 Å². The third-order valence-electron chi connectivity index (χ3n) is 3.96. The Hall–Kier alpha value is -2.31. The van der Waals surface area contributed by atoms with E-state index in [9.17, 15) is 4.79 Å². The van der Waals surface area contributed by atoms with E-state index in [2.05, 4.69) is 21.0 Å². The number of hydrogen-bond donors (Lipinski definition) is 0. The maximum atomic E-state index is 12.9. The van der Waals surface area contributed by atoms with E-state index in [-0.39, 0.29) is 17.7 Å². The number of amides is 1. The van der Waals surface area contributed by atoms with Crippen molar-refractivity contribution in [1.82, 2.24) is 5.01 Å². The van der Waals surface area contributed by atoms with Crippen molar-refractivity contribution in [2.45, 2.75) is 12.5 Å². The Morgan fingerprint density at radius 2 is 2.04 bits per heavy atom. The summed E-state index contributed by atoms with van der Waals surface area (Å²) in [5.41, 5.74) is 1.53. The summed E-state index contributed by atoms with van der Waals surface area (Å²) in [4.78, 5) is 12.9. The van der Waals surface area contributed by atoms with Crippen molar-refractivity contribution in [1.29, 1.82) is 0 Å². The summed E-state index contributed by atoms with van der Waals surface area (Å²) in [6.45, 7) is 0. The van der Waals surface area contributed by atoms with Crippen LogP contribution in [0.1, 0.15) is 34.3 Å². The van der Waals surface area contributed by atoms with Gasteiger partial charge in [0.25, 0.3) is 0 Å². The van der Waals surface area contributed by atoms with Crippen LogP contribution in [-0.4, -0.2) is 16.6 Å². The molecule has 0 saturated heterocycles. The van der Waals surface area contributed by atoms with Crippen molar-refractivity contribution in [3.8, 4) is 0 Å². The molecular weight excluding hydrogens is 408 g/mol. The molecule has 126 valence electrons. The van der Waals surface area contributed by atoms with Crippen molar-refractivity contribution in [3.05, 3.63) is 81.6 Å². The summed E-state index contributed by atoms with van der Waals surface area (Å²) < 4.78 is 11.4. The third kappa shape index (κ3) is 3.03. The summed E-state index contributed by atoms with van der Waals surface area (Å²) >= 11 is 9.50. The minimum absolute atomic E-state index is 0.201. The van der Waals surface area contributed by atoms with Crippen LogP contribution in [0.15, 0.2) is 73.4 Å². The van der Waals surface area contributed by atoms with E-state index in [1.807, 2.05) is 24.3 Å². The first-order valence-electron chi connectivity index (χ1n) is 7.58. The lowest BCUT2D eigenvalue weighted by molar-refractivity contribution is 0.0659. The highest BCUT2D eigenvalue weighted by molar-refractivity contribution is 9.10. The molecule has 25 heavy (non-hydrogen) atoms. The summed E-state index contributed by atoms with van der Waals surface area (Å²) in [5, 5.41) is 6.51. The molecule has 0 radical (unpaired) electrons. The number of benzene rings is 1. The first kappa shape index (κ1) is 16.2. The second-order valence-corrected chi connectivity index (χ2v) is 6.70. The first-order valence-corrected chi connectivity index (χ1v) is 8.75. The van der Waals surface area contributed by atoms with Crippen molar-refractivity contribution in [3.63, 3.8) is 0 Å². The molecule has 1 amide bonds. The zero-order chi connectivity index (χ0) is 17.4. The molecule has 5 nitrogen and oxygen atoms in total. The van der Waals surface area contributed by atoms with Crippen LogP contribution in [0.2, 0.25) is 5.02 Å². The lowest BCUT2D eigenvalue weighted by atomic mass is 10.0. The second-order valence-electron chi connectivity index (χ2n) is 5.52. The van der Waals surface area contributed by atoms with Gasteiger partial charge in [0, 0.05) is 17.0 Å². The predicted octanol–water partition coefficient (Wildman–Crippen LogP) is 5.28. The molecule has 0 saturated carbocycles. The Morgan fingerprint density at radius 1 is 1.20 bits per heavy atom. The molecule has 7 heteroatoms. The average Bonchev–Trinajstić information content (AvgIpc) is 3.34. The van der Waals surface area contributed by atoms with Crippen LogP contribution >= 0.6 is 27.5 Å². The summed E-state index contributed by atoms with van der Waals surface area (Å²) in [6, 6.07) is 14.0. The van der Waals surface area contributed by atoms with Crippen LogP contribution in [0, 0.1) is 0 Å². The summed E-state index contributed by atoms with van der Waals surface area (Å²) in [5.74, 6) is 0.520. The van der Waals surface area contributed by atoms with Crippen molar-refractivity contribution < 1.29 is 13.6 Å². The molecule has 0 spiro atoms. The van der Waals surface area contributed by atoms with Gasteiger partial charge in [-0.25, -0.2) is 5.01 Å². The number of carbonyl (C=O) groups is 1. The van der Waals surface area contributed by atoms with Gasteiger partial charge in [-0.1, -0.05) is 29.8 Å². The minimum Gasteiger partial charge on any atom is -0.467 e. The molecule has 3 aromatic rings. The van der Waals surface area contributed by atoms with E-state index >= 15 is 0 Å². The largest absolute Gasteiger partial charge is 0.467 e. The van der Waals surface area contributed by atoms with Gasteiger partial charge in [0.2, 0.25) is 0 Å². The first-order chi connectivity index (χ1) is 12.1. The van der Waals surface area contributed by atoms with E-state index in [1.165, 1.54) is 5.01 Å². The molecular formula is C18H12BrClN2O3. The third-order valence-corrected chi connectivity index (χ3v) is 4.71. The fourth-order valence-electron chi connectivity index (χ4n) is 2.80. The number of nitrogens with zero attached hydrogens (tertiary/aromatic N) is 2. The maximum Gasteiger partial charge on any atom is 0.310 e. The van der Waals surface area contributed by atoms with Gasteiger partial charge in [0.05, 0.1) is 12.0 Å². The molecule has 4 rings (SSSR count). The molecule has 1 atom stereocenters. The Morgan fingerprint density at radius 3 is 2.72 bits per heavy atom. The molecule has 3 heterocycles. The number of hydrazone groups is 1. The number of hydrogen-bond acceptors (Lipinski definition) is 4. The molecule has 0 N–H and O–H groups in total. The molecule has 0 fully saturated rings. The van der Waals surface area contributed by atoms with E-state index in [1.54, 1.807) is 30.5 Å². The smallest absolute Gasteiger partial charge is 0.310 e. The van der Waals surface area contributed by atoms with E-state index < -0.39 is 0 Å². The van der Waals surface area contributed by atoms with Crippen LogP contribution in [-0.2, 0) is 0 Å². The summed E-state index contributed by atoms with van der Waals surface area (Å²) in [6.07, 6.45) is 2.08. The van der Waals surface area contributed by atoms with Gasteiger partial charge in [0.15, 0.2) is 10.4 Å². The van der Waals surface area contributed by atoms with Crippen molar-refractivity contribution in [2.24, 2.45) is 5.10 Å². The lowest BCUT2D eigenvalue weighted by Gasteiger charge is -2.18. The number of halogens is 2. The quantitative estimate of drug-likeness (QED) is 0.580. The Balaban J connectivity index is 1.74. The van der Waals surface area contributed by atoms with Crippen LogP contribution in [0.3, 0.4) is 0 Å². The fraction of sp³-hybridized carbons (Fsp3) is 0.111. The second kappa shape index (κ2) is 6.54. The lowest BCUT2D eigenvalue weighted by Crippen LogP contribution is -2.26. The van der Waals surface area contributed by atoms with Gasteiger partial charge < -0.3 is 8.83 Å². The van der Waals surface area contributed by atoms with E-state index in [4.69, 9.17) is 20.4 Å². The highest BCUT2D eigenvalue weighted by Gasteiger charge is 2.36.